The van der Waals surface area contributed by atoms with Crippen LogP contribution in [0.5, 0.6) is 5.75 Å². The number of fused-ring (bicyclic) bond motifs is 1. The van der Waals surface area contributed by atoms with Crippen molar-refractivity contribution in [3.63, 3.8) is 0 Å². The Morgan fingerprint density at radius 3 is 2.43 bits per heavy atom. The fourth-order valence-corrected chi connectivity index (χ4v) is 5.69. The molecule has 2 aromatic carbocycles. The van der Waals surface area contributed by atoms with Crippen LogP contribution < -0.4 is 14.4 Å². The zero-order chi connectivity index (χ0) is 25.8. The van der Waals surface area contributed by atoms with E-state index < -0.39 is 16.1 Å². The van der Waals surface area contributed by atoms with Crippen molar-refractivity contribution in [1.29, 1.82) is 0 Å². The Morgan fingerprint density at radius 1 is 1.14 bits per heavy atom. The topological polar surface area (TPSA) is 75.7 Å². The predicted octanol–water partition coefficient (Wildman–Crippen LogP) is 5.58. The van der Waals surface area contributed by atoms with E-state index in [1.165, 1.54) is 4.31 Å². The Kier molecular flexibility index (Phi) is 8.52. The SMILES string of the molecule is CCCC[C@@H](CC)CNC(=O)[C@H]1CN(S(=O)(=O)c2ccc(C)cc2)c2cc(C(C)(C)C)ccc2O1. The summed E-state index contributed by atoms with van der Waals surface area (Å²) in [5.74, 6) is 0.518. The van der Waals surface area contributed by atoms with Crippen LogP contribution in [0.15, 0.2) is 47.4 Å². The molecule has 1 N–H and O–H groups in total. The summed E-state index contributed by atoms with van der Waals surface area (Å²) >= 11 is 0. The van der Waals surface area contributed by atoms with Gasteiger partial charge in [-0.2, -0.15) is 0 Å². The maximum absolute atomic E-state index is 13.8. The van der Waals surface area contributed by atoms with Gasteiger partial charge in [-0.05, 0) is 54.5 Å². The largest absolute Gasteiger partial charge is 0.476 e. The molecule has 1 amide bonds. The number of anilines is 1. The minimum absolute atomic E-state index is 0.0750. The highest BCUT2D eigenvalue weighted by molar-refractivity contribution is 7.92. The van der Waals surface area contributed by atoms with E-state index in [2.05, 4.69) is 39.9 Å². The molecule has 0 fully saturated rings. The van der Waals surface area contributed by atoms with Crippen LogP contribution in [-0.2, 0) is 20.2 Å². The lowest BCUT2D eigenvalue weighted by atomic mass is 9.86. The van der Waals surface area contributed by atoms with Crippen LogP contribution in [0.4, 0.5) is 5.69 Å². The molecule has 0 spiro atoms. The standard InChI is InChI=1S/C28H40N2O4S/c1-7-9-10-21(8-2)18-29-27(31)26-19-30(35(32,33)23-14-11-20(3)12-15-23)24-17-22(28(4,5)6)13-16-25(24)34-26/h11-17,21,26H,7-10,18-19H2,1-6H3,(H,29,31)/t21-,26-/m1/s1. The van der Waals surface area contributed by atoms with Crippen molar-refractivity contribution in [3.8, 4) is 5.75 Å². The minimum atomic E-state index is -3.90. The Bertz CT molecular complexity index is 1120. The molecule has 1 aliphatic heterocycles. The van der Waals surface area contributed by atoms with E-state index in [4.69, 9.17) is 4.74 Å². The lowest BCUT2D eigenvalue weighted by Gasteiger charge is -2.36. The molecule has 192 valence electrons. The number of ether oxygens (including phenoxy) is 1. The fourth-order valence-electron chi connectivity index (χ4n) is 4.22. The van der Waals surface area contributed by atoms with Gasteiger partial charge in [-0.1, -0.05) is 77.6 Å². The molecular weight excluding hydrogens is 460 g/mol. The Balaban J connectivity index is 1.94. The number of benzene rings is 2. The normalized spacial score (nSPS) is 16.9. The number of hydrogen-bond donors (Lipinski definition) is 1. The van der Waals surface area contributed by atoms with Crippen LogP contribution in [-0.4, -0.2) is 33.5 Å². The number of rotatable bonds is 9. The molecule has 35 heavy (non-hydrogen) atoms. The molecule has 3 rings (SSSR count). The molecular formula is C28H40N2O4S. The first kappa shape index (κ1) is 27.1. The van der Waals surface area contributed by atoms with Crippen LogP contribution in [0.1, 0.15) is 71.4 Å². The van der Waals surface area contributed by atoms with Crippen LogP contribution in [0, 0.1) is 12.8 Å². The zero-order valence-electron chi connectivity index (χ0n) is 21.9. The molecule has 0 saturated carbocycles. The van der Waals surface area contributed by atoms with Crippen LogP contribution in [0.25, 0.3) is 0 Å². The van der Waals surface area contributed by atoms with Gasteiger partial charge in [0.25, 0.3) is 15.9 Å². The maximum Gasteiger partial charge on any atom is 0.264 e. The summed E-state index contributed by atoms with van der Waals surface area (Å²) in [6.45, 7) is 12.9. The molecule has 0 saturated heterocycles. The summed E-state index contributed by atoms with van der Waals surface area (Å²) in [6.07, 6.45) is 3.37. The highest BCUT2D eigenvalue weighted by Gasteiger charge is 2.38. The Hall–Kier alpha value is -2.54. The number of sulfonamides is 1. The molecule has 0 radical (unpaired) electrons. The van der Waals surface area contributed by atoms with E-state index >= 15 is 0 Å². The van der Waals surface area contributed by atoms with Gasteiger partial charge in [0.2, 0.25) is 0 Å². The van der Waals surface area contributed by atoms with Crippen molar-refractivity contribution in [3.05, 3.63) is 53.6 Å². The van der Waals surface area contributed by atoms with E-state index in [0.29, 0.717) is 23.9 Å². The molecule has 0 aliphatic carbocycles. The molecule has 2 aromatic rings. The predicted molar refractivity (Wildman–Crippen MR) is 142 cm³/mol. The van der Waals surface area contributed by atoms with Gasteiger partial charge in [-0.3, -0.25) is 9.10 Å². The number of carbonyl (C=O) groups is 1. The summed E-state index contributed by atoms with van der Waals surface area (Å²) in [5, 5.41) is 3.01. The summed E-state index contributed by atoms with van der Waals surface area (Å²) in [7, 11) is -3.90. The van der Waals surface area contributed by atoms with E-state index in [-0.39, 0.29) is 22.8 Å². The van der Waals surface area contributed by atoms with Crippen molar-refractivity contribution >= 4 is 21.6 Å². The van der Waals surface area contributed by atoms with E-state index in [1.54, 1.807) is 30.3 Å². The Labute approximate surface area is 211 Å². The van der Waals surface area contributed by atoms with Gasteiger partial charge >= 0.3 is 0 Å². The second-order valence-corrected chi connectivity index (χ2v) is 12.4. The van der Waals surface area contributed by atoms with Gasteiger partial charge in [-0.15, -0.1) is 0 Å². The lowest BCUT2D eigenvalue weighted by molar-refractivity contribution is -0.127. The van der Waals surface area contributed by atoms with Crippen molar-refractivity contribution in [1.82, 2.24) is 5.32 Å². The maximum atomic E-state index is 13.8. The summed E-state index contributed by atoms with van der Waals surface area (Å²) in [6, 6.07) is 12.4. The third kappa shape index (κ3) is 6.37. The van der Waals surface area contributed by atoms with Gasteiger partial charge in [0.1, 0.15) is 5.75 Å². The second-order valence-electron chi connectivity index (χ2n) is 10.5. The number of carbonyl (C=O) groups excluding carboxylic acids is 1. The van der Waals surface area contributed by atoms with Crippen molar-refractivity contribution in [2.45, 2.75) is 83.6 Å². The number of amides is 1. The van der Waals surface area contributed by atoms with Gasteiger partial charge in [-0.25, -0.2) is 8.42 Å². The molecule has 2 atom stereocenters. The van der Waals surface area contributed by atoms with Crippen molar-refractivity contribution < 1.29 is 17.9 Å². The van der Waals surface area contributed by atoms with Gasteiger partial charge in [0.15, 0.2) is 6.10 Å². The molecule has 6 nitrogen and oxygen atoms in total. The molecule has 0 unspecified atom stereocenters. The second kappa shape index (κ2) is 11.0. The number of unbranched alkanes of at least 4 members (excludes halogenated alkanes) is 1. The average Bonchev–Trinajstić information content (AvgIpc) is 2.82. The highest BCUT2D eigenvalue weighted by atomic mass is 32.2. The summed E-state index contributed by atoms with van der Waals surface area (Å²) in [4.78, 5) is 13.3. The van der Waals surface area contributed by atoms with Gasteiger partial charge in [0, 0.05) is 6.54 Å². The van der Waals surface area contributed by atoms with Crippen molar-refractivity contribution in [2.75, 3.05) is 17.4 Å². The first-order chi connectivity index (χ1) is 16.5. The number of nitrogens with zero attached hydrogens (tertiary/aromatic N) is 1. The third-order valence-electron chi connectivity index (χ3n) is 6.70. The number of aryl methyl sites for hydroxylation is 1. The lowest BCUT2D eigenvalue weighted by Crippen LogP contribution is -2.51. The van der Waals surface area contributed by atoms with Crippen molar-refractivity contribution in [2.24, 2.45) is 5.92 Å². The zero-order valence-corrected chi connectivity index (χ0v) is 22.7. The Morgan fingerprint density at radius 2 is 1.83 bits per heavy atom. The highest BCUT2D eigenvalue weighted by Crippen LogP contribution is 2.40. The molecule has 7 heteroatoms. The first-order valence-corrected chi connectivity index (χ1v) is 14.1. The van der Waals surface area contributed by atoms with E-state index in [1.807, 2.05) is 19.1 Å². The summed E-state index contributed by atoms with van der Waals surface area (Å²) in [5.41, 5.74) is 2.27. The van der Waals surface area contributed by atoms with Crippen LogP contribution >= 0.6 is 0 Å². The van der Waals surface area contributed by atoms with Crippen LogP contribution in [0.2, 0.25) is 0 Å². The molecule has 0 aromatic heterocycles. The number of nitrogens with one attached hydrogen (secondary N) is 1. The van der Waals surface area contributed by atoms with E-state index in [0.717, 1.165) is 36.8 Å². The number of hydrogen-bond acceptors (Lipinski definition) is 4. The fraction of sp³-hybridized carbons (Fsp3) is 0.536. The quantitative estimate of drug-likeness (QED) is 0.488. The smallest absolute Gasteiger partial charge is 0.264 e. The summed E-state index contributed by atoms with van der Waals surface area (Å²) < 4.78 is 34.9. The van der Waals surface area contributed by atoms with Gasteiger partial charge in [0.05, 0.1) is 17.1 Å². The molecule has 1 heterocycles. The van der Waals surface area contributed by atoms with E-state index in [9.17, 15) is 13.2 Å². The monoisotopic (exact) mass is 500 g/mol. The molecule has 0 bridgehead atoms. The average molecular weight is 501 g/mol. The minimum Gasteiger partial charge on any atom is -0.476 e. The molecule has 1 aliphatic rings. The first-order valence-electron chi connectivity index (χ1n) is 12.7. The van der Waals surface area contributed by atoms with Crippen LogP contribution in [0.3, 0.4) is 0 Å². The third-order valence-corrected chi connectivity index (χ3v) is 8.50. The van der Waals surface area contributed by atoms with Gasteiger partial charge < -0.3 is 10.1 Å².